The van der Waals surface area contributed by atoms with Gasteiger partial charge in [-0.15, -0.1) is 0 Å². The molecule has 0 spiro atoms. The number of hydrogen-bond donors (Lipinski definition) is 1. The third-order valence-corrected chi connectivity index (χ3v) is 4.41. The van der Waals surface area contributed by atoms with Gasteiger partial charge in [0.25, 0.3) is 0 Å². The summed E-state index contributed by atoms with van der Waals surface area (Å²) in [5.74, 6) is -0.380. The molecule has 0 saturated carbocycles. The van der Waals surface area contributed by atoms with Crippen LogP contribution in [0.15, 0.2) is 36.0 Å². The van der Waals surface area contributed by atoms with E-state index >= 15 is 0 Å². The van der Waals surface area contributed by atoms with Crippen LogP contribution in [0.1, 0.15) is 31.9 Å². The highest BCUT2D eigenvalue weighted by molar-refractivity contribution is 5.88. The molecule has 1 aliphatic carbocycles. The molecule has 0 saturated heterocycles. The van der Waals surface area contributed by atoms with Gasteiger partial charge in [0, 0.05) is 17.7 Å². The average molecular weight is 313 g/mol. The van der Waals surface area contributed by atoms with E-state index in [0.717, 1.165) is 5.70 Å². The van der Waals surface area contributed by atoms with Crippen LogP contribution in [-0.2, 0) is 4.79 Å². The molecule has 6 nitrogen and oxygen atoms in total. The van der Waals surface area contributed by atoms with E-state index in [1.807, 2.05) is 19.9 Å². The molecule has 2 heterocycles. The summed E-state index contributed by atoms with van der Waals surface area (Å²) < 4.78 is 15.9. The van der Waals surface area contributed by atoms with Crippen molar-refractivity contribution < 1.29 is 9.18 Å². The molecule has 0 fully saturated rings. The zero-order valence-corrected chi connectivity index (χ0v) is 12.8. The van der Waals surface area contributed by atoms with Crippen molar-refractivity contribution in [1.29, 1.82) is 0 Å². The van der Waals surface area contributed by atoms with E-state index in [4.69, 9.17) is 0 Å². The second-order valence-electron chi connectivity index (χ2n) is 6.75. The highest BCUT2D eigenvalue weighted by Crippen LogP contribution is 2.45. The lowest BCUT2D eigenvalue weighted by atomic mass is 9.72. The minimum Gasteiger partial charge on any atom is -0.326 e. The lowest BCUT2D eigenvalue weighted by Gasteiger charge is -2.39. The number of fused-ring (bicyclic) bond motifs is 2. The molecule has 0 bridgehead atoms. The number of benzene rings is 1. The Bertz CT molecular complexity index is 825. The van der Waals surface area contributed by atoms with E-state index in [2.05, 4.69) is 20.8 Å². The van der Waals surface area contributed by atoms with Crippen molar-refractivity contribution in [2.75, 3.05) is 5.32 Å². The Kier molecular flexibility index (Phi) is 2.88. The quantitative estimate of drug-likeness (QED) is 0.875. The van der Waals surface area contributed by atoms with Crippen molar-refractivity contribution in [1.82, 2.24) is 20.2 Å². The molecule has 1 aliphatic heterocycles. The van der Waals surface area contributed by atoms with Crippen LogP contribution in [0.25, 0.3) is 0 Å². The Hall–Kier alpha value is -2.57. The number of carbonyl (C=O) groups excluding carboxylic acids is 1. The fraction of sp³-hybridized carbons (Fsp3) is 0.375. The fourth-order valence-corrected chi connectivity index (χ4v) is 3.51. The van der Waals surface area contributed by atoms with Crippen LogP contribution in [0.4, 0.5) is 10.3 Å². The second kappa shape index (κ2) is 4.71. The Morgan fingerprint density at radius 1 is 1.35 bits per heavy atom. The number of nitrogens with one attached hydrogen (secondary N) is 1. The van der Waals surface area contributed by atoms with Crippen molar-refractivity contribution in [2.24, 2.45) is 11.3 Å². The summed E-state index contributed by atoms with van der Waals surface area (Å²) >= 11 is 0. The summed E-state index contributed by atoms with van der Waals surface area (Å²) in [5, 5.41) is 14.7. The van der Waals surface area contributed by atoms with Gasteiger partial charge in [-0.2, -0.15) is 0 Å². The van der Waals surface area contributed by atoms with Gasteiger partial charge in [-0.1, -0.05) is 43.2 Å². The van der Waals surface area contributed by atoms with Gasteiger partial charge in [0.05, 0.1) is 5.92 Å². The van der Waals surface area contributed by atoms with Crippen LogP contribution in [0, 0.1) is 17.2 Å². The highest BCUT2D eigenvalue weighted by Gasteiger charge is 2.45. The number of carbonyl (C=O) groups is 1. The number of ketones is 1. The first-order valence-electron chi connectivity index (χ1n) is 7.51. The van der Waals surface area contributed by atoms with Crippen LogP contribution >= 0.6 is 0 Å². The lowest BCUT2D eigenvalue weighted by molar-refractivity contribution is -0.125. The third kappa shape index (κ3) is 2.15. The topological polar surface area (TPSA) is 72.7 Å². The Morgan fingerprint density at radius 3 is 2.91 bits per heavy atom. The number of tetrazole rings is 1. The van der Waals surface area contributed by atoms with E-state index < -0.39 is 12.0 Å². The Balaban J connectivity index is 1.93. The first-order valence-corrected chi connectivity index (χ1v) is 7.51. The second-order valence-corrected chi connectivity index (χ2v) is 6.75. The number of allylic oxidation sites excluding steroid dienone is 2. The summed E-state index contributed by atoms with van der Waals surface area (Å²) in [4.78, 5) is 12.8. The number of hydrogen-bond acceptors (Lipinski definition) is 5. The van der Waals surface area contributed by atoms with Crippen LogP contribution in [-0.4, -0.2) is 26.0 Å². The van der Waals surface area contributed by atoms with Crippen molar-refractivity contribution in [3.8, 4) is 0 Å². The van der Waals surface area contributed by atoms with Crippen LogP contribution in [0.5, 0.6) is 0 Å². The molecular formula is C16H16FN5O. The van der Waals surface area contributed by atoms with Gasteiger partial charge >= 0.3 is 0 Å². The Morgan fingerprint density at radius 2 is 2.13 bits per heavy atom. The highest BCUT2D eigenvalue weighted by atomic mass is 19.1. The predicted octanol–water partition coefficient (Wildman–Crippen LogP) is 2.33. The summed E-state index contributed by atoms with van der Waals surface area (Å²) in [6.45, 7) is 4.01. The van der Waals surface area contributed by atoms with Crippen molar-refractivity contribution in [3.63, 3.8) is 0 Å². The monoisotopic (exact) mass is 313 g/mol. The van der Waals surface area contributed by atoms with Gasteiger partial charge in [-0.3, -0.25) is 4.79 Å². The van der Waals surface area contributed by atoms with Crippen molar-refractivity contribution in [2.45, 2.75) is 26.3 Å². The largest absolute Gasteiger partial charge is 0.326 e. The molecule has 0 amide bonds. The average Bonchev–Trinajstić information content (AvgIpc) is 2.92. The number of Topliss-reactive ketones (excluding diaryl/α,β-unsaturated/α-hetero) is 1. The summed E-state index contributed by atoms with van der Waals surface area (Å²) in [6, 6.07) is 5.88. The van der Waals surface area contributed by atoms with Crippen LogP contribution in [0.3, 0.4) is 0 Å². The molecule has 2 aliphatic rings. The van der Waals surface area contributed by atoms with E-state index in [9.17, 15) is 9.18 Å². The molecule has 4 rings (SSSR count). The van der Waals surface area contributed by atoms with Gasteiger partial charge in [-0.25, -0.2) is 9.07 Å². The third-order valence-electron chi connectivity index (χ3n) is 4.41. The maximum Gasteiger partial charge on any atom is 0.247 e. The molecule has 23 heavy (non-hydrogen) atoms. The maximum absolute atomic E-state index is 14.4. The smallest absolute Gasteiger partial charge is 0.247 e. The molecule has 7 heteroatoms. The number of anilines is 1. The maximum atomic E-state index is 14.4. The van der Waals surface area contributed by atoms with E-state index in [-0.39, 0.29) is 17.0 Å². The van der Waals surface area contributed by atoms with E-state index in [1.54, 1.807) is 18.2 Å². The number of rotatable bonds is 1. The van der Waals surface area contributed by atoms with Gasteiger partial charge in [0.15, 0.2) is 0 Å². The summed E-state index contributed by atoms with van der Waals surface area (Å²) in [6.07, 6.45) is 2.44. The zero-order valence-electron chi connectivity index (χ0n) is 12.8. The molecule has 1 N–H and O–H groups in total. The van der Waals surface area contributed by atoms with Crippen molar-refractivity contribution in [3.05, 3.63) is 47.4 Å². The molecule has 0 radical (unpaired) electrons. The van der Waals surface area contributed by atoms with E-state index in [0.29, 0.717) is 17.9 Å². The standard InChI is InChI=1S/C16H16FN5O/c1-16(2)7-11-13(12(23)8-16)14(9-5-3-4-6-10(9)17)22-15(18-11)19-20-21-22/h3-7,13-14H,8H2,1-2H3,(H,18,19,21). The molecular weight excluding hydrogens is 297 g/mol. The van der Waals surface area contributed by atoms with Crippen LogP contribution in [0.2, 0.25) is 0 Å². The minimum atomic E-state index is -0.572. The molecule has 1 aromatic carbocycles. The summed E-state index contributed by atoms with van der Waals surface area (Å²) in [5.41, 5.74) is 0.930. The number of nitrogens with zero attached hydrogens (tertiary/aromatic N) is 4. The fourth-order valence-electron chi connectivity index (χ4n) is 3.51. The van der Waals surface area contributed by atoms with Crippen LogP contribution < -0.4 is 5.32 Å². The molecule has 2 aromatic rings. The zero-order chi connectivity index (χ0) is 16.2. The Labute approximate surface area is 132 Å². The summed E-state index contributed by atoms with van der Waals surface area (Å²) in [7, 11) is 0. The molecule has 2 unspecified atom stereocenters. The molecule has 118 valence electrons. The van der Waals surface area contributed by atoms with Gasteiger partial charge in [0.2, 0.25) is 5.95 Å². The SMILES string of the molecule is CC1(C)C=C2Nc3nnnn3C(c3ccccc3F)C2C(=O)C1. The first-order chi connectivity index (χ1) is 11.0. The molecule has 2 atom stereocenters. The first kappa shape index (κ1) is 14.0. The predicted molar refractivity (Wildman–Crippen MR) is 81.0 cm³/mol. The van der Waals surface area contributed by atoms with Gasteiger partial charge in [-0.05, 0) is 21.9 Å². The van der Waals surface area contributed by atoms with Crippen molar-refractivity contribution >= 4 is 11.7 Å². The van der Waals surface area contributed by atoms with E-state index in [1.165, 1.54) is 10.7 Å². The van der Waals surface area contributed by atoms with Gasteiger partial charge < -0.3 is 5.32 Å². The molecule has 1 aromatic heterocycles. The minimum absolute atomic E-state index is 0.0643. The normalized spacial score (nSPS) is 25.2. The lowest BCUT2D eigenvalue weighted by Crippen LogP contribution is -2.42. The number of aromatic nitrogens is 4. The van der Waals surface area contributed by atoms with Gasteiger partial charge in [0.1, 0.15) is 17.6 Å². The number of halogens is 1.